The van der Waals surface area contributed by atoms with Crippen LogP contribution in [0.3, 0.4) is 0 Å². The maximum atomic E-state index is 13.1. The Morgan fingerprint density at radius 1 is 1.08 bits per heavy atom. The smallest absolute Gasteiger partial charge is 0.316 e. The standard InChI is InChI=1S/C18H24N4O5S.C10H16O/c1-2-26-12-13-27-17-16(20-8-10-21(11-9-20)28(24)25)14-19-22(18(17)23)15-6-4-3-5-7-15;1-9(2)7-4-5-10(9,3)8(11)6-7/h3-7,14H,2,8-13H2,1H3,(H,24,25);7H,4-6H2,1-3H3/p-1/t;7?,10-/m.1/s1. The molecule has 2 aliphatic carbocycles. The first-order valence-electron chi connectivity index (χ1n) is 13.6. The number of Topliss-reactive ketones (excluding diaryl/α,β-unsaturated/α-hetero) is 1. The van der Waals surface area contributed by atoms with Crippen LogP contribution in [0.25, 0.3) is 5.69 Å². The number of nitrogens with zero attached hydrogens (tertiary/aromatic N) is 4. The van der Waals surface area contributed by atoms with Gasteiger partial charge in [0.15, 0.2) is 0 Å². The van der Waals surface area contributed by atoms with E-state index in [1.165, 1.54) is 15.4 Å². The van der Waals surface area contributed by atoms with Crippen molar-refractivity contribution < 1.29 is 23.0 Å². The van der Waals surface area contributed by atoms with Crippen LogP contribution in [0.15, 0.2) is 41.3 Å². The van der Waals surface area contributed by atoms with Crippen LogP contribution in [0.2, 0.25) is 0 Å². The van der Waals surface area contributed by atoms with E-state index in [2.05, 4.69) is 25.9 Å². The highest BCUT2D eigenvalue weighted by Gasteiger charge is 2.61. The fourth-order valence-corrected chi connectivity index (χ4v) is 6.33. The summed E-state index contributed by atoms with van der Waals surface area (Å²) in [7, 11) is 0. The van der Waals surface area contributed by atoms with Gasteiger partial charge in [0, 0.05) is 55.9 Å². The van der Waals surface area contributed by atoms with E-state index in [-0.39, 0.29) is 28.7 Å². The largest absolute Gasteiger partial charge is 0.760 e. The van der Waals surface area contributed by atoms with E-state index in [0.717, 1.165) is 12.8 Å². The van der Waals surface area contributed by atoms with Crippen molar-refractivity contribution in [3.05, 3.63) is 46.9 Å². The molecule has 1 aliphatic heterocycles. The average Bonchev–Trinajstić information content (AvgIpc) is 3.26. The van der Waals surface area contributed by atoms with Crippen LogP contribution in [0, 0.1) is 16.7 Å². The third kappa shape index (κ3) is 5.96. The van der Waals surface area contributed by atoms with Gasteiger partial charge in [-0.2, -0.15) is 9.78 Å². The van der Waals surface area contributed by atoms with E-state index in [1.807, 2.05) is 30.0 Å². The topological polar surface area (TPSA) is 117 Å². The number of carbonyl (C=O) groups excluding carboxylic acids is 1. The van der Waals surface area contributed by atoms with Gasteiger partial charge in [-0.15, -0.1) is 0 Å². The van der Waals surface area contributed by atoms with Crippen LogP contribution >= 0.6 is 0 Å². The van der Waals surface area contributed by atoms with E-state index < -0.39 is 11.3 Å². The minimum atomic E-state index is -2.24. The van der Waals surface area contributed by atoms with Gasteiger partial charge in [-0.1, -0.05) is 39.0 Å². The van der Waals surface area contributed by atoms with Gasteiger partial charge < -0.3 is 18.9 Å². The Hall–Kier alpha value is -2.60. The van der Waals surface area contributed by atoms with Crippen LogP contribution < -0.4 is 15.2 Å². The summed E-state index contributed by atoms with van der Waals surface area (Å²) in [6.45, 7) is 11.3. The summed E-state index contributed by atoms with van der Waals surface area (Å²) in [5, 5.41) is 4.30. The minimum absolute atomic E-state index is 0.0255. The van der Waals surface area contributed by atoms with Crippen LogP contribution in [0.1, 0.15) is 47.0 Å². The quantitative estimate of drug-likeness (QED) is 0.358. The summed E-state index contributed by atoms with van der Waals surface area (Å²) >= 11 is -2.24. The Kier molecular flexibility index (Phi) is 9.25. The summed E-state index contributed by atoms with van der Waals surface area (Å²) in [4.78, 5) is 26.6. The highest BCUT2D eigenvalue weighted by Crippen LogP contribution is 2.63. The lowest BCUT2D eigenvalue weighted by Crippen LogP contribution is -2.47. The molecule has 0 radical (unpaired) electrons. The first-order chi connectivity index (χ1) is 18.6. The van der Waals surface area contributed by atoms with Crippen molar-refractivity contribution in [1.82, 2.24) is 14.1 Å². The number of benzene rings is 1. The molecule has 1 aromatic heterocycles. The maximum Gasteiger partial charge on any atom is 0.316 e. The third-order valence-corrected chi connectivity index (χ3v) is 9.65. The predicted octanol–water partition coefficient (Wildman–Crippen LogP) is 2.97. The zero-order chi connectivity index (χ0) is 28.2. The number of piperazine rings is 1. The van der Waals surface area contributed by atoms with Crippen LogP contribution in [0.4, 0.5) is 5.69 Å². The van der Waals surface area contributed by atoms with Crippen LogP contribution in [-0.4, -0.2) is 74.6 Å². The van der Waals surface area contributed by atoms with Gasteiger partial charge in [0.25, 0.3) is 0 Å². The SMILES string of the molecule is CC1(C)C2CC[C@]1(C)C(=O)C2.CCOCCOc1c(N2CCN(S(=O)[O-])CC2)cnn(-c2ccccc2)c1=O. The van der Waals surface area contributed by atoms with E-state index in [4.69, 9.17) is 9.47 Å². The molecule has 214 valence electrons. The van der Waals surface area contributed by atoms with Gasteiger partial charge in [-0.3, -0.25) is 13.8 Å². The molecule has 3 aliphatic rings. The number of para-hydroxylation sites is 1. The lowest BCUT2D eigenvalue weighted by molar-refractivity contribution is -0.128. The van der Waals surface area contributed by atoms with E-state index in [1.54, 1.807) is 18.3 Å². The summed E-state index contributed by atoms with van der Waals surface area (Å²) in [5.41, 5.74) is 1.14. The number of aromatic nitrogens is 2. The Morgan fingerprint density at radius 2 is 1.77 bits per heavy atom. The van der Waals surface area contributed by atoms with E-state index in [9.17, 15) is 18.4 Å². The van der Waals surface area contributed by atoms with Crippen molar-refractivity contribution in [2.24, 2.45) is 16.7 Å². The summed E-state index contributed by atoms with van der Waals surface area (Å²) in [6.07, 6.45) is 4.84. The fourth-order valence-electron chi connectivity index (χ4n) is 5.87. The molecule has 1 saturated heterocycles. The second-order valence-electron chi connectivity index (χ2n) is 11.0. The zero-order valence-electron chi connectivity index (χ0n) is 23.3. The Balaban J connectivity index is 0.000000265. The normalized spacial score (nSPS) is 24.8. The Bertz CT molecular complexity index is 1230. The molecule has 2 heterocycles. The predicted molar refractivity (Wildman–Crippen MR) is 149 cm³/mol. The Labute approximate surface area is 232 Å². The van der Waals surface area contributed by atoms with Gasteiger partial charge in [-0.05, 0) is 43.2 Å². The molecule has 3 atom stereocenters. The summed E-state index contributed by atoms with van der Waals surface area (Å²) in [5.74, 6) is 1.38. The first kappa shape index (κ1) is 29.4. The van der Waals surface area contributed by atoms with Crippen molar-refractivity contribution in [2.75, 3.05) is 50.9 Å². The van der Waals surface area contributed by atoms with Gasteiger partial charge >= 0.3 is 5.56 Å². The molecule has 11 heteroatoms. The third-order valence-electron chi connectivity index (χ3n) is 8.87. The lowest BCUT2D eigenvalue weighted by Gasteiger charge is -2.36. The molecule has 0 spiro atoms. The van der Waals surface area contributed by atoms with Crippen molar-refractivity contribution in [2.45, 2.75) is 47.0 Å². The molecule has 39 heavy (non-hydrogen) atoms. The molecular formula is C28H39N4O6S-. The number of ether oxygens (including phenoxy) is 2. The van der Waals surface area contributed by atoms with Crippen molar-refractivity contribution in [3.63, 3.8) is 0 Å². The van der Waals surface area contributed by atoms with Gasteiger partial charge in [0.2, 0.25) is 5.75 Å². The molecule has 2 saturated carbocycles. The molecular weight excluding hydrogens is 520 g/mol. The number of anilines is 1. The monoisotopic (exact) mass is 559 g/mol. The molecule has 2 aromatic rings. The molecule has 0 amide bonds. The number of hydrogen-bond acceptors (Lipinski definition) is 8. The van der Waals surface area contributed by atoms with Crippen LogP contribution in [0.5, 0.6) is 5.75 Å². The highest BCUT2D eigenvalue weighted by molar-refractivity contribution is 7.76. The molecule has 2 bridgehead atoms. The second kappa shape index (κ2) is 12.3. The number of fused-ring (bicyclic) bond motifs is 2. The second-order valence-corrected chi connectivity index (χ2v) is 12.0. The summed E-state index contributed by atoms with van der Waals surface area (Å²) in [6, 6.07) is 9.10. The summed E-state index contributed by atoms with van der Waals surface area (Å²) < 4.78 is 36.0. The molecule has 1 aromatic carbocycles. The van der Waals surface area contributed by atoms with Crippen LogP contribution in [-0.2, 0) is 20.8 Å². The number of carbonyl (C=O) groups is 1. The van der Waals surface area contributed by atoms with Gasteiger partial charge in [0.05, 0.1) is 18.5 Å². The lowest BCUT2D eigenvalue weighted by atomic mass is 9.70. The van der Waals surface area contributed by atoms with E-state index >= 15 is 0 Å². The van der Waals surface area contributed by atoms with E-state index in [0.29, 0.717) is 62.5 Å². The molecule has 2 unspecified atom stereocenters. The zero-order valence-corrected chi connectivity index (χ0v) is 24.1. The number of rotatable bonds is 8. The fraction of sp³-hybridized carbons (Fsp3) is 0.607. The Morgan fingerprint density at radius 3 is 2.28 bits per heavy atom. The highest BCUT2D eigenvalue weighted by atomic mass is 32.2. The molecule has 0 N–H and O–H groups in total. The number of hydrogen-bond donors (Lipinski definition) is 0. The molecule has 10 nitrogen and oxygen atoms in total. The molecule has 3 fully saturated rings. The first-order valence-corrected chi connectivity index (χ1v) is 14.6. The van der Waals surface area contributed by atoms with Gasteiger partial charge in [0.1, 0.15) is 18.1 Å². The van der Waals surface area contributed by atoms with Crippen molar-refractivity contribution >= 4 is 22.7 Å². The van der Waals surface area contributed by atoms with Crippen molar-refractivity contribution in [3.8, 4) is 11.4 Å². The van der Waals surface area contributed by atoms with Gasteiger partial charge in [-0.25, -0.2) is 4.31 Å². The van der Waals surface area contributed by atoms with Crippen molar-refractivity contribution in [1.29, 1.82) is 0 Å². The number of ketones is 1. The average molecular weight is 560 g/mol. The molecule has 5 rings (SSSR count). The maximum absolute atomic E-state index is 13.1. The minimum Gasteiger partial charge on any atom is -0.760 e.